The third kappa shape index (κ3) is 3.84. The summed E-state index contributed by atoms with van der Waals surface area (Å²) in [7, 11) is -7.67. The summed E-state index contributed by atoms with van der Waals surface area (Å²) in [5, 5.41) is -7.72. The minimum atomic E-state index is -9.32. The second kappa shape index (κ2) is 8.22. The van der Waals surface area contributed by atoms with Crippen LogP contribution in [0.1, 0.15) is 0 Å². The summed E-state index contributed by atoms with van der Waals surface area (Å²) in [6.07, 6.45) is -8.06. The molecule has 0 aliphatic carbocycles. The Morgan fingerprint density at radius 1 is 0.389 bits per heavy atom. The first-order chi connectivity index (χ1) is 15.1. The second-order valence-corrected chi connectivity index (χ2v) is 8.25. The van der Waals surface area contributed by atoms with Gasteiger partial charge in [-0.1, -0.05) is 0 Å². The van der Waals surface area contributed by atoms with E-state index in [4.69, 9.17) is 0 Å². The third-order valence-corrected chi connectivity index (χ3v) is 5.56. The van der Waals surface area contributed by atoms with E-state index < -0.39 is 68.8 Å². The molecule has 0 atom stereocenters. The van der Waals surface area contributed by atoms with Gasteiger partial charge >= 0.3 is 58.8 Å². The fourth-order valence-corrected chi connectivity index (χ4v) is 2.56. The van der Waals surface area contributed by atoms with Gasteiger partial charge in [0.25, 0.3) is 10.0 Å². The summed E-state index contributed by atoms with van der Waals surface area (Å²) in [6.45, 7) is 0. The smallest absolute Gasteiger partial charge is 0.213 e. The van der Waals surface area contributed by atoms with Crippen LogP contribution < -0.4 is 4.72 Å². The van der Waals surface area contributed by atoms with Crippen LogP contribution >= 0.6 is 0 Å². The van der Waals surface area contributed by atoms with Crippen LogP contribution in [0.3, 0.4) is 0 Å². The first-order valence-electron chi connectivity index (χ1n) is 7.46. The Balaban J connectivity index is 7.23. The molecule has 0 aliphatic rings. The molecule has 0 amide bonds. The van der Waals surface area contributed by atoms with Crippen LogP contribution in [0, 0.1) is 0 Å². The molecule has 218 valence electrons. The fourth-order valence-electron chi connectivity index (χ4n) is 1.84. The van der Waals surface area contributed by atoms with Crippen molar-refractivity contribution in [2.24, 2.45) is 0 Å². The van der Waals surface area contributed by atoms with Crippen LogP contribution in [-0.4, -0.2) is 74.3 Å². The van der Waals surface area contributed by atoms with E-state index in [2.05, 4.69) is 0 Å². The minimum absolute atomic E-state index is 0.0744. The Kier molecular flexibility index (Phi) is 7.86. The van der Waals surface area contributed by atoms with Crippen molar-refractivity contribution in [2.75, 3.05) is 7.05 Å². The molecule has 0 unspecified atom stereocenters. The maximum absolute atomic E-state index is 13.4. The molecule has 0 fully saturated rings. The van der Waals surface area contributed by atoms with Gasteiger partial charge in [-0.15, -0.1) is 0 Å². The molecule has 36 heavy (non-hydrogen) atoms. The first kappa shape index (κ1) is 34.4. The first-order valence-corrected chi connectivity index (χ1v) is 8.94. The summed E-state index contributed by atoms with van der Waals surface area (Å²) < 4.78 is 295. The molecule has 0 rings (SSSR count). The molecule has 1 N–H and O–H groups in total. The van der Waals surface area contributed by atoms with Crippen LogP contribution in [0.25, 0.3) is 0 Å². The lowest BCUT2D eigenvalue weighted by atomic mass is 9.87. The molecule has 0 spiro atoms. The molecule has 0 aliphatic heterocycles. The van der Waals surface area contributed by atoms with Gasteiger partial charge in [-0.25, -0.2) is 13.1 Å². The maximum atomic E-state index is 13.4. The zero-order valence-corrected chi connectivity index (χ0v) is 16.5. The van der Waals surface area contributed by atoms with Crippen molar-refractivity contribution in [1.29, 1.82) is 0 Å². The molecule has 0 radical (unpaired) electrons. The lowest BCUT2D eigenvalue weighted by Gasteiger charge is -2.44. The van der Waals surface area contributed by atoms with Crippen molar-refractivity contribution in [1.82, 2.24) is 4.72 Å². The summed E-state index contributed by atoms with van der Waals surface area (Å²) in [4.78, 5) is 0. The van der Waals surface area contributed by atoms with Crippen molar-refractivity contribution >= 4 is 10.0 Å². The number of halogens is 21. The van der Waals surface area contributed by atoms with E-state index in [9.17, 15) is 101 Å². The zero-order valence-electron chi connectivity index (χ0n) is 15.7. The molecule has 3 nitrogen and oxygen atoms in total. The second-order valence-electron chi connectivity index (χ2n) is 6.32. The van der Waals surface area contributed by atoms with E-state index in [1.807, 2.05) is 0 Å². The SMILES string of the molecule is CNS(=O)(=O)C(F)(F)C(F)(F)C(F)(F)C(F)(F)C(F)(F)C(F)(F)C(F)(F)C(F)(F)C(F)(F)C(F)(F)F. The van der Waals surface area contributed by atoms with Crippen LogP contribution in [0.5, 0.6) is 0 Å². The van der Waals surface area contributed by atoms with Crippen LogP contribution in [-0.2, 0) is 10.0 Å². The Morgan fingerprint density at radius 3 is 0.778 bits per heavy atom. The van der Waals surface area contributed by atoms with E-state index in [1.165, 1.54) is 0 Å². The Bertz CT molecular complexity index is 932. The standard InChI is InChI=1S/C11H4F21NO2S/c1-33-36(34,35)11(31,32)9(26,27)7(22,23)5(18,19)3(14,15)2(12,13)4(16,17)6(20,21)8(24,25)10(28,29)30/h33H,1H3. The molecular formula is C11H4F21NO2S. The molecule has 0 aromatic rings. The zero-order chi connectivity index (χ0) is 30.2. The average molecular weight is 613 g/mol. The van der Waals surface area contributed by atoms with Gasteiger partial charge in [-0.3, -0.25) is 0 Å². The van der Waals surface area contributed by atoms with Crippen molar-refractivity contribution in [2.45, 2.75) is 58.8 Å². The normalized spacial score (nSPS) is 16.9. The van der Waals surface area contributed by atoms with Crippen molar-refractivity contribution in [3.8, 4) is 0 Å². The summed E-state index contributed by atoms with van der Waals surface area (Å²) in [5.74, 6) is -72.0. The van der Waals surface area contributed by atoms with Crippen molar-refractivity contribution in [3.63, 3.8) is 0 Å². The highest BCUT2D eigenvalue weighted by Gasteiger charge is 2.98. The largest absolute Gasteiger partial charge is 0.460 e. The summed E-state index contributed by atoms with van der Waals surface area (Å²) >= 11 is 0. The van der Waals surface area contributed by atoms with Gasteiger partial charge in [0.15, 0.2) is 0 Å². The van der Waals surface area contributed by atoms with Gasteiger partial charge in [0.1, 0.15) is 0 Å². The minimum Gasteiger partial charge on any atom is -0.213 e. The average Bonchev–Trinajstić information content (AvgIpc) is 2.65. The predicted octanol–water partition coefficient (Wildman–Crippen LogP) is 5.77. The molecule has 0 bridgehead atoms. The topological polar surface area (TPSA) is 46.2 Å². The van der Waals surface area contributed by atoms with Crippen molar-refractivity contribution < 1.29 is 101 Å². The number of hydrogen-bond donors (Lipinski definition) is 1. The van der Waals surface area contributed by atoms with Crippen LogP contribution in [0.2, 0.25) is 0 Å². The van der Waals surface area contributed by atoms with E-state index in [0.29, 0.717) is 0 Å². The highest BCUT2D eigenvalue weighted by Crippen LogP contribution is 2.66. The molecular weight excluding hydrogens is 609 g/mol. The number of alkyl halides is 21. The third-order valence-electron chi connectivity index (χ3n) is 4.09. The van der Waals surface area contributed by atoms with Gasteiger partial charge in [0, 0.05) is 0 Å². The highest BCUT2D eigenvalue weighted by molar-refractivity contribution is 7.90. The van der Waals surface area contributed by atoms with Gasteiger partial charge in [0.05, 0.1) is 0 Å². The molecule has 0 aromatic heterocycles. The molecule has 0 aromatic carbocycles. The number of nitrogens with one attached hydrogen (secondary N) is 1. The Morgan fingerprint density at radius 2 is 0.583 bits per heavy atom. The monoisotopic (exact) mass is 613 g/mol. The van der Waals surface area contributed by atoms with E-state index >= 15 is 0 Å². The molecule has 0 saturated heterocycles. The maximum Gasteiger partial charge on any atom is 0.460 e. The quantitative estimate of drug-likeness (QED) is 0.318. The van der Waals surface area contributed by atoms with Gasteiger partial charge in [-0.2, -0.15) is 92.2 Å². The van der Waals surface area contributed by atoms with Gasteiger partial charge in [-0.05, 0) is 7.05 Å². The number of rotatable bonds is 10. The Labute approximate surface area is 182 Å². The van der Waals surface area contributed by atoms with Crippen LogP contribution in [0.15, 0.2) is 0 Å². The lowest BCUT2D eigenvalue weighted by Crippen LogP contribution is -2.77. The van der Waals surface area contributed by atoms with Gasteiger partial charge in [0.2, 0.25) is 0 Å². The molecule has 0 heterocycles. The molecule has 0 saturated carbocycles. The lowest BCUT2D eigenvalue weighted by molar-refractivity contribution is -0.472. The predicted molar refractivity (Wildman–Crippen MR) is 68.6 cm³/mol. The van der Waals surface area contributed by atoms with Crippen LogP contribution in [0.4, 0.5) is 92.2 Å². The van der Waals surface area contributed by atoms with E-state index in [0.717, 1.165) is 0 Å². The van der Waals surface area contributed by atoms with Gasteiger partial charge < -0.3 is 0 Å². The van der Waals surface area contributed by atoms with E-state index in [-0.39, 0.29) is 11.8 Å². The molecule has 25 heteroatoms. The fraction of sp³-hybridized carbons (Fsp3) is 1.00. The Hall–Kier alpha value is -1.56. The van der Waals surface area contributed by atoms with Crippen molar-refractivity contribution in [3.05, 3.63) is 0 Å². The highest BCUT2D eigenvalue weighted by atomic mass is 32.2. The summed E-state index contributed by atoms with van der Waals surface area (Å²) in [6, 6.07) is 0. The summed E-state index contributed by atoms with van der Waals surface area (Å²) in [5.41, 5.74) is 0. The number of sulfonamides is 1. The number of hydrogen-bond acceptors (Lipinski definition) is 2. The van der Waals surface area contributed by atoms with E-state index in [1.54, 1.807) is 0 Å².